The van der Waals surface area contributed by atoms with Gasteiger partial charge in [0.2, 0.25) is 15.9 Å². The standard InChI is InChI=1S/C18H26N2O5S/c1-18(2,3)19-17(21)8-6-14-5-7-15(24-4)16(13-14)26(22,23)20-9-11-25-12-10-20/h5-8,13H,9-12H2,1-4H3,(H,19,21). The molecule has 0 saturated carbocycles. The van der Waals surface area contributed by atoms with E-state index in [2.05, 4.69) is 5.32 Å². The van der Waals surface area contributed by atoms with E-state index >= 15 is 0 Å². The number of hydrogen-bond acceptors (Lipinski definition) is 5. The van der Waals surface area contributed by atoms with E-state index in [4.69, 9.17) is 9.47 Å². The molecule has 0 unspecified atom stereocenters. The van der Waals surface area contributed by atoms with Crippen molar-refractivity contribution in [1.82, 2.24) is 9.62 Å². The molecule has 7 nitrogen and oxygen atoms in total. The molecule has 0 radical (unpaired) electrons. The van der Waals surface area contributed by atoms with E-state index in [1.807, 2.05) is 20.8 Å². The van der Waals surface area contributed by atoms with E-state index in [1.54, 1.807) is 18.2 Å². The van der Waals surface area contributed by atoms with Crippen LogP contribution in [-0.4, -0.2) is 57.6 Å². The first-order valence-corrected chi connectivity index (χ1v) is 9.84. The molecule has 1 fully saturated rings. The maximum atomic E-state index is 12.9. The van der Waals surface area contributed by atoms with Gasteiger partial charge in [0.05, 0.1) is 20.3 Å². The number of nitrogens with zero attached hydrogens (tertiary/aromatic N) is 1. The Kier molecular flexibility index (Phi) is 6.44. The number of carbonyl (C=O) groups excluding carboxylic acids is 1. The van der Waals surface area contributed by atoms with Gasteiger partial charge in [-0.3, -0.25) is 4.79 Å². The number of amides is 1. The third kappa shape index (κ3) is 5.30. The first-order valence-electron chi connectivity index (χ1n) is 8.40. The van der Waals surface area contributed by atoms with Gasteiger partial charge in [0, 0.05) is 24.7 Å². The van der Waals surface area contributed by atoms with E-state index in [1.165, 1.54) is 23.6 Å². The highest BCUT2D eigenvalue weighted by Crippen LogP contribution is 2.28. The van der Waals surface area contributed by atoms with Crippen LogP contribution in [0.1, 0.15) is 26.3 Å². The fourth-order valence-electron chi connectivity index (χ4n) is 2.51. The fraction of sp³-hybridized carbons (Fsp3) is 0.500. The lowest BCUT2D eigenvalue weighted by molar-refractivity contribution is -0.117. The lowest BCUT2D eigenvalue weighted by Gasteiger charge is -2.26. The minimum atomic E-state index is -3.70. The first-order chi connectivity index (χ1) is 12.1. The molecule has 0 atom stereocenters. The van der Waals surface area contributed by atoms with Crippen LogP contribution in [0.15, 0.2) is 29.2 Å². The molecule has 1 aromatic rings. The van der Waals surface area contributed by atoms with Gasteiger partial charge in [0.25, 0.3) is 0 Å². The quantitative estimate of drug-likeness (QED) is 0.783. The van der Waals surface area contributed by atoms with E-state index in [0.717, 1.165) is 0 Å². The van der Waals surface area contributed by atoms with E-state index < -0.39 is 10.0 Å². The molecule has 2 rings (SSSR count). The number of benzene rings is 1. The van der Waals surface area contributed by atoms with Gasteiger partial charge in [0.15, 0.2) is 0 Å². The summed E-state index contributed by atoms with van der Waals surface area (Å²) in [6.45, 7) is 7.01. The second-order valence-corrected chi connectivity index (χ2v) is 8.91. The highest BCUT2D eigenvalue weighted by molar-refractivity contribution is 7.89. The maximum absolute atomic E-state index is 12.9. The first kappa shape index (κ1) is 20.4. The number of ether oxygens (including phenoxy) is 2. The smallest absolute Gasteiger partial charge is 0.246 e. The predicted octanol–water partition coefficient (Wildman–Crippen LogP) is 1.64. The Morgan fingerprint density at radius 3 is 2.50 bits per heavy atom. The molecular weight excluding hydrogens is 356 g/mol. The van der Waals surface area contributed by atoms with Crippen LogP contribution < -0.4 is 10.1 Å². The number of morpholine rings is 1. The van der Waals surface area contributed by atoms with Crippen LogP contribution in [0, 0.1) is 0 Å². The second kappa shape index (κ2) is 8.20. The van der Waals surface area contributed by atoms with Crippen molar-refractivity contribution in [1.29, 1.82) is 0 Å². The number of nitrogens with one attached hydrogen (secondary N) is 1. The predicted molar refractivity (Wildman–Crippen MR) is 99.5 cm³/mol. The Balaban J connectivity index is 2.29. The average molecular weight is 382 g/mol. The molecule has 0 aromatic heterocycles. The minimum Gasteiger partial charge on any atom is -0.495 e. The van der Waals surface area contributed by atoms with Crippen molar-refractivity contribution >= 4 is 22.0 Å². The van der Waals surface area contributed by atoms with Gasteiger partial charge in [-0.2, -0.15) is 4.31 Å². The van der Waals surface area contributed by atoms with Crippen LogP contribution in [0.3, 0.4) is 0 Å². The van der Waals surface area contributed by atoms with Crippen LogP contribution in [-0.2, 0) is 19.6 Å². The lowest BCUT2D eigenvalue weighted by Crippen LogP contribution is -2.40. The van der Waals surface area contributed by atoms with Crippen LogP contribution in [0.5, 0.6) is 5.75 Å². The molecule has 1 aliphatic heterocycles. The third-order valence-electron chi connectivity index (χ3n) is 3.70. The van der Waals surface area contributed by atoms with Crippen LogP contribution >= 0.6 is 0 Å². The molecule has 0 bridgehead atoms. The molecule has 1 aromatic carbocycles. The average Bonchev–Trinajstić information content (AvgIpc) is 2.59. The molecular formula is C18H26N2O5S. The zero-order valence-electron chi connectivity index (χ0n) is 15.6. The molecule has 1 saturated heterocycles. The number of methoxy groups -OCH3 is 1. The number of rotatable bonds is 5. The number of sulfonamides is 1. The van der Waals surface area contributed by atoms with Gasteiger partial charge < -0.3 is 14.8 Å². The molecule has 1 amide bonds. The van der Waals surface area contributed by atoms with Crippen LogP contribution in [0.25, 0.3) is 6.08 Å². The van der Waals surface area contributed by atoms with Crippen LogP contribution in [0.4, 0.5) is 0 Å². The Labute approximate surface area is 155 Å². The summed E-state index contributed by atoms with van der Waals surface area (Å²) < 4.78 is 37.7. The van der Waals surface area contributed by atoms with Gasteiger partial charge in [-0.05, 0) is 44.5 Å². The molecule has 1 aliphatic rings. The largest absolute Gasteiger partial charge is 0.495 e. The minimum absolute atomic E-state index is 0.0836. The maximum Gasteiger partial charge on any atom is 0.246 e. The third-order valence-corrected chi connectivity index (χ3v) is 5.62. The van der Waals surface area contributed by atoms with Crippen molar-refractivity contribution in [2.24, 2.45) is 0 Å². The molecule has 26 heavy (non-hydrogen) atoms. The number of hydrogen-bond donors (Lipinski definition) is 1. The summed E-state index contributed by atoms with van der Waals surface area (Å²) in [6.07, 6.45) is 2.97. The summed E-state index contributed by atoms with van der Waals surface area (Å²) in [5.41, 5.74) is 0.258. The summed E-state index contributed by atoms with van der Waals surface area (Å²) in [5.74, 6) is 0.0266. The highest BCUT2D eigenvalue weighted by atomic mass is 32.2. The molecule has 144 valence electrons. The lowest BCUT2D eigenvalue weighted by atomic mass is 10.1. The van der Waals surface area contributed by atoms with Crippen molar-refractivity contribution in [3.8, 4) is 5.75 Å². The Morgan fingerprint density at radius 2 is 1.92 bits per heavy atom. The van der Waals surface area contributed by atoms with Gasteiger partial charge in [0.1, 0.15) is 10.6 Å². The molecule has 1 heterocycles. The SMILES string of the molecule is COc1ccc(C=CC(=O)NC(C)(C)C)cc1S(=O)(=O)N1CCOCC1. The molecule has 0 aliphatic carbocycles. The van der Waals surface area contributed by atoms with Gasteiger partial charge >= 0.3 is 0 Å². The normalized spacial score (nSPS) is 16.6. The summed E-state index contributed by atoms with van der Waals surface area (Å²) in [5, 5.41) is 2.82. The summed E-state index contributed by atoms with van der Waals surface area (Å²) in [7, 11) is -2.27. The van der Waals surface area contributed by atoms with Crippen molar-refractivity contribution in [2.75, 3.05) is 33.4 Å². The number of carbonyl (C=O) groups is 1. The van der Waals surface area contributed by atoms with Crippen molar-refractivity contribution in [3.05, 3.63) is 29.8 Å². The summed E-state index contributed by atoms with van der Waals surface area (Å²) in [4.78, 5) is 12.0. The van der Waals surface area contributed by atoms with E-state index in [0.29, 0.717) is 31.9 Å². The van der Waals surface area contributed by atoms with Crippen molar-refractivity contribution in [3.63, 3.8) is 0 Å². The Hall–Kier alpha value is -1.90. The fourth-order valence-corrected chi connectivity index (χ4v) is 4.11. The van der Waals surface area contributed by atoms with Crippen LogP contribution in [0.2, 0.25) is 0 Å². The second-order valence-electron chi connectivity index (χ2n) is 7.00. The topological polar surface area (TPSA) is 84.9 Å². The molecule has 0 spiro atoms. The highest BCUT2D eigenvalue weighted by Gasteiger charge is 2.29. The Morgan fingerprint density at radius 1 is 1.27 bits per heavy atom. The molecule has 1 N–H and O–H groups in total. The summed E-state index contributed by atoms with van der Waals surface area (Å²) >= 11 is 0. The zero-order valence-corrected chi connectivity index (χ0v) is 16.4. The van der Waals surface area contributed by atoms with Gasteiger partial charge in [-0.15, -0.1) is 0 Å². The van der Waals surface area contributed by atoms with E-state index in [-0.39, 0.29) is 22.1 Å². The van der Waals surface area contributed by atoms with Crippen molar-refractivity contribution in [2.45, 2.75) is 31.2 Å². The Bertz CT molecular complexity index is 775. The van der Waals surface area contributed by atoms with E-state index in [9.17, 15) is 13.2 Å². The van der Waals surface area contributed by atoms with Gasteiger partial charge in [-0.25, -0.2) is 8.42 Å². The monoisotopic (exact) mass is 382 g/mol. The summed E-state index contributed by atoms with van der Waals surface area (Å²) in [6, 6.07) is 4.82. The zero-order chi connectivity index (χ0) is 19.4. The molecule has 8 heteroatoms. The van der Waals surface area contributed by atoms with Gasteiger partial charge in [-0.1, -0.05) is 6.07 Å². The van der Waals surface area contributed by atoms with Crippen molar-refractivity contribution < 1.29 is 22.7 Å².